The average Bonchev–Trinajstić information content (AvgIpc) is 3.22. The highest BCUT2D eigenvalue weighted by Gasteiger charge is 2.17. The summed E-state index contributed by atoms with van der Waals surface area (Å²) in [5.74, 6) is 1.06. The van der Waals surface area contributed by atoms with Crippen molar-refractivity contribution in [1.29, 1.82) is 0 Å². The Hall–Kier alpha value is -3.22. The minimum atomic E-state index is -3.78. The number of ether oxygens (including phenoxy) is 1. The van der Waals surface area contributed by atoms with Crippen LogP contribution in [0, 0.1) is 0 Å². The summed E-state index contributed by atoms with van der Waals surface area (Å²) in [5, 5.41) is 15.3. The number of anilines is 3. The third-order valence-electron chi connectivity index (χ3n) is 4.79. The number of benzene rings is 1. The Morgan fingerprint density at radius 1 is 1.19 bits per heavy atom. The van der Waals surface area contributed by atoms with E-state index in [1.807, 2.05) is 0 Å². The number of fused-ring (bicyclic) bond motifs is 1. The second kappa shape index (κ2) is 8.88. The summed E-state index contributed by atoms with van der Waals surface area (Å²) in [7, 11) is -3.78. The highest BCUT2D eigenvalue weighted by atomic mass is 32.2. The molecular formula is C19H23N7O4S. The second-order valence-electron chi connectivity index (χ2n) is 7.00. The van der Waals surface area contributed by atoms with E-state index < -0.39 is 10.0 Å². The molecule has 1 amide bonds. The standard InChI is InChI=1S/C19H23N7O4S/c20-31(28,29)15-3-1-2-14(12-15)21-6-5-18(27)24-16-13-19(25-8-10-30-11-9-25)26-17(23-16)4-7-22-26/h1-4,7,12-13,21H,5-6,8-11H2,(H2,20,28,29)(H,23,24,27). The van der Waals surface area contributed by atoms with Crippen LogP contribution in [0.4, 0.5) is 17.3 Å². The monoisotopic (exact) mass is 445 g/mol. The summed E-state index contributed by atoms with van der Waals surface area (Å²) in [6, 6.07) is 9.71. The smallest absolute Gasteiger partial charge is 0.238 e. The van der Waals surface area contributed by atoms with Gasteiger partial charge in [-0.3, -0.25) is 4.79 Å². The van der Waals surface area contributed by atoms with E-state index in [0.29, 0.717) is 36.9 Å². The molecule has 1 fully saturated rings. The van der Waals surface area contributed by atoms with Crippen molar-refractivity contribution >= 4 is 38.9 Å². The van der Waals surface area contributed by atoms with Crippen molar-refractivity contribution < 1.29 is 17.9 Å². The fraction of sp³-hybridized carbons (Fsp3) is 0.316. The molecular weight excluding hydrogens is 422 g/mol. The summed E-state index contributed by atoms with van der Waals surface area (Å²) in [6.45, 7) is 3.03. The fourth-order valence-corrected chi connectivity index (χ4v) is 3.85. The normalized spacial score (nSPS) is 14.5. The van der Waals surface area contributed by atoms with E-state index in [1.165, 1.54) is 12.1 Å². The van der Waals surface area contributed by atoms with Crippen LogP contribution in [0.5, 0.6) is 0 Å². The van der Waals surface area contributed by atoms with Gasteiger partial charge in [0.25, 0.3) is 0 Å². The molecule has 0 radical (unpaired) electrons. The quantitative estimate of drug-likeness (QED) is 0.481. The zero-order chi connectivity index (χ0) is 21.8. The number of carbonyl (C=O) groups excluding carboxylic acids is 1. The van der Waals surface area contributed by atoms with Gasteiger partial charge in [0.15, 0.2) is 5.65 Å². The number of nitrogens with one attached hydrogen (secondary N) is 2. The first-order valence-electron chi connectivity index (χ1n) is 9.74. The van der Waals surface area contributed by atoms with E-state index in [9.17, 15) is 13.2 Å². The van der Waals surface area contributed by atoms with Crippen LogP contribution in [0.1, 0.15) is 6.42 Å². The third-order valence-corrected chi connectivity index (χ3v) is 5.70. The number of nitrogens with zero attached hydrogens (tertiary/aromatic N) is 4. The minimum Gasteiger partial charge on any atom is -0.384 e. The first kappa shape index (κ1) is 21.0. The Balaban J connectivity index is 1.40. The van der Waals surface area contributed by atoms with Crippen molar-refractivity contribution in [2.24, 2.45) is 5.14 Å². The van der Waals surface area contributed by atoms with E-state index in [0.717, 1.165) is 18.9 Å². The van der Waals surface area contributed by atoms with Crippen LogP contribution in [-0.2, 0) is 19.6 Å². The summed E-state index contributed by atoms with van der Waals surface area (Å²) >= 11 is 0. The molecule has 0 bridgehead atoms. The maximum Gasteiger partial charge on any atom is 0.238 e. The van der Waals surface area contributed by atoms with Crippen molar-refractivity contribution in [3.8, 4) is 0 Å². The molecule has 12 heteroatoms. The number of amides is 1. The van der Waals surface area contributed by atoms with Gasteiger partial charge in [0.2, 0.25) is 15.9 Å². The number of morpholine rings is 1. The van der Waals surface area contributed by atoms with Crippen LogP contribution in [0.2, 0.25) is 0 Å². The summed E-state index contributed by atoms with van der Waals surface area (Å²) in [4.78, 5) is 19.0. The van der Waals surface area contributed by atoms with Crippen LogP contribution in [0.25, 0.3) is 5.65 Å². The Labute approximate surface area is 179 Å². The second-order valence-corrected chi connectivity index (χ2v) is 8.56. The van der Waals surface area contributed by atoms with Gasteiger partial charge in [0.05, 0.1) is 24.3 Å². The number of hydrogen-bond acceptors (Lipinski definition) is 8. The highest BCUT2D eigenvalue weighted by molar-refractivity contribution is 7.89. The van der Waals surface area contributed by atoms with E-state index in [1.54, 1.807) is 35.0 Å². The van der Waals surface area contributed by atoms with E-state index in [4.69, 9.17) is 9.88 Å². The maximum absolute atomic E-state index is 12.4. The van der Waals surface area contributed by atoms with Gasteiger partial charge in [-0.15, -0.1) is 0 Å². The zero-order valence-electron chi connectivity index (χ0n) is 16.7. The lowest BCUT2D eigenvalue weighted by Gasteiger charge is -2.29. The average molecular weight is 446 g/mol. The van der Waals surface area contributed by atoms with E-state index >= 15 is 0 Å². The van der Waals surface area contributed by atoms with Crippen LogP contribution in [0.15, 0.2) is 47.5 Å². The van der Waals surface area contributed by atoms with Gasteiger partial charge in [0, 0.05) is 43.9 Å². The van der Waals surface area contributed by atoms with Crippen molar-refractivity contribution in [1.82, 2.24) is 14.6 Å². The van der Waals surface area contributed by atoms with Crippen LogP contribution >= 0.6 is 0 Å². The van der Waals surface area contributed by atoms with Crippen molar-refractivity contribution in [2.75, 3.05) is 48.4 Å². The van der Waals surface area contributed by atoms with Crippen LogP contribution in [0.3, 0.4) is 0 Å². The largest absolute Gasteiger partial charge is 0.384 e. The Kier molecular flexibility index (Phi) is 6.02. The molecule has 0 aliphatic carbocycles. The molecule has 1 aromatic carbocycles. The molecule has 3 heterocycles. The molecule has 1 aliphatic heterocycles. The molecule has 1 aliphatic rings. The lowest BCUT2D eigenvalue weighted by Crippen LogP contribution is -2.37. The molecule has 0 spiro atoms. The van der Waals surface area contributed by atoms with Crippen LogP contribution < -0.4 is 20.7 Å². The molecule has 2 aromatic heterocycles. The van der Waals surface area contributed by atoms with Gasteiger partial charge in [-0.2, -0.15) is 9.61 Å². The Morgan fingerprint density at radius 2 is 2.00 bits per heavy atom. The number of primary sulfonamides is 1. The number of nitrogens with two attached hydrogens (primary N) is 1. The molecule has 1 saturated heterocycles. The number of hydrogen-bond donors (Lipinski definition) is 3. The SMILES string of the molecule is NS(=O)(=O)c1cccc(NCCC(=O)Nc2cc(N3CCOCC3)n3nccc3n2)c1. The fourth-order valence-electron chi connectivity index (χ4n) is 3.29. The van der Waals surface area contributed by atoms with Gasteiger partial charge in [-0.05, 0) is 18.2 Å². The maximum atomic E-state index is 12.4. The summed E-state index contributed by atoms with van der Waals surface area (Å²) in [5.41, 5.74) is 1.20. The summed E-state index contributed by atoms with van der Waals surface area (Å²) < 4.78 is 30.0. The molecule has 0 saturated carbocycles. The molecule has 3 aromatic rings. The first-order chi connectivity index (χ1) is 14.9. The van der Waals surface area contributed by atoms with Crippen LogP contribution in [-0.4, -0.2) is 61.8 Å². The summed E-state index contributed by atoms with van der Waals surface area (Å²) in [6.07, 6.45) is 1.83. The van der Waals surface area contributed by atoms with E-state index in [2.05, 4.69) is 25.6 Å². The molecule has 31 heavy (non-hydrogen) atoms. The van der Waals surface area contributed by atoms with Gasteiger partial charge in [-0.25, -0.2) is 18.5 Å². The number of aromatic nitrogens is 3. The van der Waals surface area contributed by atoms with Gasteiger partial charge >= 0.3 is 0 Å². The lowest BCUT2D eigenvalue weighted by atomic mass is 10.3. The minimum absolute atomic E-state index is 0.0101. The van der Waals surface area contributed by atoms with Crippen molar-refractivity contribution in [3.05, 3.63) is 42.6 Å². The van der Waals surface area contributed by atoms with Gasteiger partial charge in [0.1, 0.15) is 11.6 Å². The molecule has 4 N–H and O–H groups in total. The van der Waals surface area contributed by atoms with Gasteiger partial charge < -0.3 is 20.3 Å². The lowest BCUT2D eigenvalue weighted by molar-refractivity contribution is -0.116. The first-order valence-corrected chi connectivity index (χ1v) is 11.3. The predicted octanol–water partition coefficient (Wildman–Crippen LogP) is 0.654. The predicted molar refractivity (Wildman–Crippen MR) is 116 cm³/mol. The number of carbonyl (C=O) groups is 1. The van der Waals surface area contributed by atoms with E-state index in [-0.39, 0.29) is 17.2 Å². The van der Waals surface area contributed by atoms with Crippen molar-refractivity contribution in [3.63, 3.8) is 0 Å². The topological polar surface area (TPSA) is 144 Å². The molecule has 4 rings (SSSR count). The Bertz CT molecular complexity index is 1190. The van der Waals surface area contributed by atoms with Gasteiger partial charge in [-0.1, -0.05) is 6.07 Å². The molecule has 0 unspecified atom stereocenters. The highest BCUT2D eigenvalue weighted by Crippen LogP contribution is 2.21. The molecule has 11 nitrogen and oxygen atoms in total. The molecule has 164 valence electrons. The number of rotatable bonds is 7. The van der Waals surface area contributed by atoms with Crippen molar-refractivity contribution in [2.45, 2.75) is 11.3 Å². The molecule has 0 atom stereocenters. The Morgan fingerprint density at radius 3 is 2.77 bits per heavy atom. The number of sulfonamides is 1. The zero-order valence-corrected chi connectivity index (χ0v) is 17.5. The third kappa shape index (κ3) is 5.10.